The summed E-state index contributed by atoms with van der Waals surface area (Å²) < 4.78 is 8.27. The maximum atomic E-state index is 10.4. The van der Waals surface area contributed by atoms with E-state index in [4.69, 9.17) is 27.8 Å². The van der Waals surface area contributed by atoms with Gasteiger partial charge in [-0.25, -0.2) is 15.0 Å². The molecule has 34 heavy (non-hydrogen) atoms. The van der Waals surface area contributed by atoms with Crippen molar-refractivity contribution < 1.29 is 9.84 Å². The average molecular weight is 481 g/mol. The fourth-order valence-corrected chi connectivity index (χ4v) is 5.26. The van der Waals surface area contributed by atoms with Gasteiger partial charge in [-0.2, -0.15) is 0 Å². The molecule has 0 saturated heterocycles. The van der Waals surface area contributed by atoms with Gasteiger partial charge < -0.3 is 25.9 Å². The van der Waals surface area contributed by atoms with Crippen molar-refractivity contribution in [2.24, 2.45) is 5.92 Å². The predicted molar refractivity (Wildman–Crippen MR) is 134 cm³/mol. The van der Waals surface area contributed by atoms with Gasteiger partial charge in [-0.05, 0) is 69.2 Å². The maximum Gasteiger partial charge on any atom is 0.160 e. The lowest BCUT2D eigenvalue weighted by Gasteiger charge is -2.27. The number of nitrogens with zero attached hydrogens (tertiary/aromatic N) is 4. The average Bonchev–Trinajstić information content (AvgIpc) is 3.36. The first-order chi connectivity index (χ1) is 16.2. The molecule has 2 unspecified atom stereocenters. The van der Waals surface area contributed by atoms with Crippen molar-refractivity contribution >= 4 is 45.2 Å². The molecule has 0 aliphatic heterocycles. The molecule has 178 valence electrons. The van der Waals surface area contributed by atoms with Gasteiger partial charge in [0.25, 0.3) is 0 Å². The second kappa shape index (κ2) is 8.69. The van der Waals surface area contributed by atoms with Crippen LogP contribution in [0.3, 0.4) is 0 Å². The minimum absolute atomic E-state index is 0.0744. The monoisotopic (exact) mass is 480 g/mol. The number of rotatable bonds is 6. The zero-order valence-corrected chi connectivity index (χ0v) is 20.0. The minimum Gasteiger partial charge on any atom is -0.383 e. The fourth-order valence-electron chi connectivity index (χ4n) is 5.10. The molecular weight excluding hydrogens is 452 g/mol. The predicted octanol–water partition coefficient (Wildman–Crippen LogP) is 4.49. The number of pyridine rings is 1. The number of ether oxygens (including phenoxy) is 1. The van der Waals surface area contributed by atoms with Gasteiger partial charge in [0.15, 0.2) is 5.79 Å². The van der Waals surface area contributed by atoms with E-state index in [1.54, 1.807) is 13.8 Å². The highest BCUT2D eigenvalue weighted by Gasteiger charge is 2.38. The molecule has 5 rings (SSSR count). The summed E-state index contributed by atoms with van der Waals surface area (Å²) in [5, 5.41) is 12.7. The standard InChI is InChI=1S/C25H29ClN6O2/c1-25(2,33)34-21-12-17(32-8-7-18-22(27)29-13-30-24(18)32)10-16(21)6-4-14-3-5-15-11-19(26)23(28)31-20(15)9-14/h3,5,7-9,11,13,16-17,21,33H,4,6,10,12H2,1-2H3,(H2,28,31)(H2,27,29,30)/t16?,17?,21-/m0/s1. The van der Waals surface area contributed by atoms with Crippen LogP contribution in [0.2, 0.25) is 5.02 Å². The molecule has 5 N–H and O–H groups in total. The van der Waals surface area contributed by atoms with Crippen molar-refractivity contribution in [1.82, 2.24) is 19.5 Å². The van der Waals surface area contributed by atoms with E-state index in [-0.39, 0.29) is 18.1 Å². The first-order valence-electron chi connectivity index (χ1n) is 11.5. The summed E-state index contributed by atoms with van der Waals surface area (Å²) in [7, 11) is 0. The third-order valence-corrected chi connectivity index (χ3v) is 6.95. The van der Waals surface area contributed by atoms with E-state index in [1.807, 2.05) is 24.4 Å². The van der Waals surface area contributed by atoms with E-state index in [0.29, 0.717) is 16.7 Å². The topological polar surface area (TPSA) is 125 Å². The summed E-state index contributed by atoms with van der Waals surface area (Å²) in [6, 6.07) is 10.2. The number of aliphatic hydroxyl groups is 1. The molecule has 0 radical (unpaired) electrons. The number of hydrogen-bond acceptors (Lipinski definition) is 7. The van der Waals surface area contributed by atoms with Gasteiger partial charge >= 0.3 is 0 Å². The van der Waals surface area contributed by atoms with Gasteiger partial charge in [0, 0.05) is 17.6 Å². The molecule has 0 amide bonds. The number of aryl methyl sites for hydroxylation is 1. The molecule has 0 bridgehead atoms. The fraction of sp³-hybridized carbons (Fsp3) is 0.400. The summed E-state index contributed by atoms with van der Waals surface area (Å²) in [4.78, 5) is 13.0. The van der Waals surface area contributed by atoms with Crippen LogP contribution in [0.5, 0.6) is 0 Å². The lowest BCUT2D eigenvalue weighted by atomic mass is 9.95. The summed E-state index contributed by atoms with van der Waals surface area (Å²) in [5.41, 5.74) is 14.8. The van der Waals surface area contributed by atoms with E-state index in [9.17, 15) is 5.11 Å². The molecule has 0 spiro atoms. The summed E-state index contributed by atoms with van der Waals surface area (Å²) in [6.07, 6.45) is 6.94. The summed E-state index contributed by atoms with van der Waals surface area (Å²) in [6.45, 7) is 3.36. The van der Waals surface area contributed by atoms with Crippen molar-refractivity contribution in [3.05, 3.63) is 53.4 Å². The first kappa shape index (κ1) is 22.8. The van der Waals surface area contributed by atoms with Crippen LogP contribution in [0.1, 0.15) is 44.7 Å². The Hall–Kier alpha value is -2.94. The van der Waals surface area contributed by atoms with Crippen LogP contribution in [-0.2, 0) is 11.2 Å². The minimum atomic E-state index is -1.20. The van der Waals surface area contributed by atoms with Crippen molar-refractivity contribution in [3.63, 3.8) is 0 Å². The molecule has 3 heterocycles. The van der Waals surface area contributed by atoms with Crippen LogP contribution in [0.25, 0.3) is 21.9 Å². The summed E-state index contributed by atoms with van der Waals surface area (Å²) >= 11 is 6.11. The third kappa shape index (κ3) is 4.53. The molecule has 1 aliphatic carbocycles. The molecule has 1 fully saturated rings. The van der Waals surface area contributed by atoms with Crippen molar-refractivity contribution in [3.8, 4) is 0 Å². The Labute approximate surface area is 202 Å². The number of fused-ring (bicyclic) bond motifs is 2. The Morgan fingerprint density at radius 2 is 1.97 bits per heavy atom. The number of nitrogens with two attached hydrogens (primary N) is 2. The van der Waals surface area contributed by atoms with Crippen LogP contribution in [0, 0.1) is 5.92 Å². The highest BCUT2D eigenvalue weighted by atomic mass is 35.5. The molecule has 3 aromatic heterocycles. The third-order valence-electron chi connectivity index (χ3n) is 6.64. The molecule has 4 aromatic rings. The molecule has 3 atom stereocenters. The maximum absolute atomic E-state index is 10.4. The van der Waals surface area contributed by atoms with Crippen LogP contribution in [0.15, 0.2) is 42.9 Å². The second-order valence-corrected chi connectivity index (χ2v) is 10.0. The SMILES string of the molecule is CC(C)(O)O[C@H]1CC(n2ccc3c(N)ncnc32)CC1CCc1ccc2cc(Cl)c(N)nc2c1. The van der Waals surface area contributed by atoms with E-state index in [1.165, 1.54) is 11.9 Å². The summed E-state index contributed by atoms with van der Waals surface area (Å²) in [5.74, 6) is -0.110. The largest absolute Gasteiger partial charge is 0.383 e. The number of anilines is 2. The van der Waals surface area contributed by atoms with E-state index in [2.05, 4.69) is 31.7 Å². The van der Waals surface area contributed by atoms with Crippen LogP contribution in [-0.4, -0.2) is 36.5 Å². The Bertz CT molecular complexity index is 1350. The number of benzene rings is 1. The van der Waals surface area contributed by atoms with Gasteiger partial charge in [-0.3, -0.25) is 0 Å². The van der Waals surface area contributed by atoms with Crippen molar-refractivity contribution in [2.75, 3.05) is 11.5 Å². The lowest BCUT2D eigenvalue weighted by molar-refractivity contribution is -0.212. The number of hydrogen-bond donors (Lipinski definition) is 3. The Kier molecular flexibility index (Phi) is 5.83. The van der Waals surface area contributed by atoms with E-state index >= 15 is 0 Å². The Morgan fingerprint density at radius 3 is 2.76 bits per heavy atom. The molecule has 1 aliphatic rings. The van der Waals surface area contributed by atoms with Gasteiger partial charge in [0.2, 0.25) is 0 Å². The number of aromatic nitrogens is 4. The normalized spacial score (nSPS) is 21.0. The second-order valence-electron chi connectivity index (χ2n) is 9.63. The van der Waals surface area contributed by atoms with Crippen LogP contribution >= 0.6 is 11.6 Å². The molecule has 8 nitrogen and oxygen atoms in total. The zero-order chi connectivity index (χ0) is 24.0. The van der Waals surface area contributed by atoms with Crippen molar-refractivity contribution in [1.29, 1.82) is 0 Å². The van der Waals surface area contributed by atoms with Gasteiger partial charge in [0.1, 0.15) is 23.6 Å². The molecular formula is C25H29ClN6O2. The zero-order valence-electron chi connectivity index (χ0n) is 19.3. The molecule has 1 saturated carbocycles. The quantitative estimate of drug-likeness (QED) is 0.347. The van der Waals surface area contributed by atoms with E-state index < -0.39 is 5.79 Å². The van der Waals surface area contributed by atoms with Crippen LogP contribution < -0.4 is 11.5 Å². The van der Waals surface area contributed by atoms with Gasteiger partial charge in [0.05, 0.1) is 22.0 Å². The highest BCUT2D eigenvalue weighted by Crippen LogP contribution is 2.42. The van der Waals surface area contributed by atoms with E-state index in [0.717, 1.165) is 47.6 Å². The number of halogens is 1. The molecule has 1 aromatic carbocycles. The number of nitrogen functional groups attached to an aromatic ring is 2. The lowest BCUT2D eigenvalue weighted by Crippen LogP contribution is -2.32. The van der Waals surface area contributed by atoms with Gasteiger partial charge in [-0.15, -0.1) is 0 Å². The van der Waals surface area contributed by atoms with Crippen LogP contribution in [0.4, 0.5) is 11.6 Å². The highest BCUT2D eigenvalue weighted by molar-refractivity contribution is 6.33. The van der Waals surface area contributed by atoms with Crippen molar-refractivity contribution in [2.45, 2.75) is 57.5 Å². The first-order valence-corrected chi connectivity index (χ1v) is 11.9. The van der Waals surface area contributed by atoms with Gasteiger partial charge in [-0.1, -0.05) is 23.7 Å². The Balaban J connectivity index is 1.37. The Morgan fingerprint density at radius 1 is 1.15 bits per heavy atom. The smallest absolute Gasteiger partial charge is 0.160 e. The molecule has 9 heteroatoms.